The predicted octanol–water partition coefficient (Wildman–Crippen LogP) is 2.88. The van der Waals surface area contributed by atoms with Crippen LogP contribution >= 0.6 is 0 Å². The molecule has 1 saturated heterocycles. The minimum atomic E-state index is -1.16. The Kier molecular flexibility index (Phi) is 6.06. The molecule has 0 bridgehead atoms. The summed E-state index contributed by atoms with van der Waals surface area (Å²) in [5.41, 5.74) is -0.943. The van der Waals surface area contributed by atoms with Crippen molar-refractivity contribution in [1.29, 1.82) is 0 Å². The van der Waals surface area contributed by atoms with Crippen molar-refractivity contribution in [3.8, 4) is 0 Å². The molecule has 6 heteroatoms. The number of carbonyl (C=O) groups excluding carboxylic acids is 2. The van der Waals surface area contributed by atoms with E-state index in [1.807, 2.05) is 30.3 Å². The Bertz CT molecular complexity index is 596. The van der Waals surface area contributed by atoms with Crippen molar-refractivity contribution in [3.05, 3.63) is 35.9 Å². The van der Waals surface area contributed by atoms with E-state index in [-0.39, 0.29) is 19.6 Å². The van der Waals surface area contributed by atoms with Crippen LogP contribution in [0.3, 0.4) is 0 Å². The van der Waals surface area contributed by atoms with Gasteiger partial charge in [-0.25, -0.2) is 9.59 Å². The third-order valence-corrected chi connectivity index (χ3v) is 4.22. The van der Waals surface area contributed by atoms with Crippen LogP contribution in [0.2, 0.25) is 0 Å². The summed E-state index contributed by atoms with van der Waals surface area (Å²) < 4.78 is 10.9. The van der Waals surface area contributed by atoms with Crippen LogP contribution in [0, 0.1) is 0 Å². The van der Waals surface area contributed by atoms with Crippen LogP contribution in [-0.4, -0.2) is 46.4 Å². The smallest absolute Gasteiger partial charge is 0.411 e. The van der Waals surface area contributed by atoms with E-state index in [0.717, 1.165) is 5.56 Å². The molecule has 6 nitrogen and oxygen atoms in total. The van der Waals surface area contributed by atoms with E-state index in [2.05, 4.69) is 0 Å². The molecule has 138 valence electrons. The molecule has 1 aromatic carbocycles. The highest BCUT2D eigenvalue weighted by Crippen LogP contribution is 2.35. The van der Waals surface area contributed by atoms with Gasteiger partial charge in [0.25, 0.3) is 0 Å². The molecule has 2 rings (SSSR count). The molecule has 0 spiro atoms. The third-order valence-electron chi connectivity index (χ3n) is 4.22. The minimum Gasteiger partial charge on any atom is -0.459 e. The molecule has 1 amide bonds. The number of aliphatic hydroxyl groups excluding tert-OH is 1. The van der Waals surface area contributed by atoms with Gasteiger partial charge < -0.3 is 14.6 Å². The summed E-state index contributed by atoms with van der Waals surface area (Å²) in [7, 11) is 0. The molecule has 25 heavy (non-hydrogen) atoms. The normalized spacial score (nSPS) is 20.4. The van der Waals surface area contributed by atoms with Crippen molar-refractivity contribution in [2.45, 2.75) is 57.8 Å². The molecule has 0 saturated carbocycles. The van der Waals surface area contributed by atoms with Crippen molar-refractivity contribution in [2.24, 2.45) is 0 Å². The highest BCUT2D eigenvalue weighted by atomic mass is 16.6. The van der Waals surface area contributed by atoms with Gasteiger partial charge in [-0.15, -0.1) is 0 Å². The van der Waals surface area contributed by atoms with Gasteiger partial charge in [-0.05, 0) is 39.2 Å². The van der Waals surface area contributed by atoms with E-state index >= 15 is 0 Å². The first-order valence-electron chi connectivity index (χ1n) is 8.61. The number of esters is 1. The van der Waals surface area contributed by atoms with E-state index in [4.69, 9.17) is 9.47 Å². The maximum Gasteiger partial charge on any atom is 0.411 e. The highest BCUT2D eigenvalue weighted by molar-refractivity contribution is 5.86. The number of nitrogens with zero attached hydrogens (tertiary/aromatic N) is 1. The lowest BCUT2D eigenvalue weighted by molar-refractivity contribution is -0.158. The molecular weight excluding hydrogens is 322 g/mol. The van der Waals surface area contributed by atoms with Gasteiger partial charge in [0.05, 0.1) is 0 Å². The lowest BCUT2D eigenvalue weighted by Gasteiger charge is -2.36. The van der Waals surface area contributed by atoms with E-state index in [1.54, 1.807) is 20.8 Å². The molecule has 1 aromatic rings. The zero-order valence-corrected chi connectivity index (χ0v) is 15.2. The zero-order valence-electron chi connectivity index (χ0n) is 15.2. The molecule has 1 heterocycles. The molecule has 0 aliphatic carbocycles. The predicted molar refractivity (Wildman–Crippen MR) is 92.8 cm³/mol. The average molecular weight is 349 g/mol. The number of benzene rings is 1. The molecule has 0 aromatic heterocycles. The quantitative estimate of drug-likeness (QED) is 0.827. The summed E-state index contributed by atoms with van der Waals surface area (Å²) >= 11 is 0. The Morgan fingerprint density at radius 3 is 2.52 bits per heavy atom. The van der Waals surface area contributed by atoms with E-state index < -0.39 is 23.2 Å². The van der Waals surface area contributed by atoms with Gasteiger partial charge in [-0.1, -0.05) is 30.3 Å². The first kappa shape index (κ1) is 19.2. The van der Waals surface area contributed by atoms with Crippen LogP contribution in [0.15, 0.2) is 30.3 Å². The summed E-state index contributed by atoms with van der Waals surface area (Å²) in [5, 5.41) is 9.47. The monoisotopic (exact) mass is 349 g/mol. The van der Waals surface area contributed by atoms with E-state index in [9.17, 15) is 14.7 Å². The summed E-state index contributed by atoms with van der Waals surface area (Å²) in [6, 6.07) is 9.36. The highest BCUT2D eigenvalue weighted by Gasteiger charge is 2.51. The second kappa shape index (κ2) is 7.87. The van der Waals surface area contributed by atoms with Crippen molar-refractivity contribution >= 4 is 12.1 Å². The first-order chi connectivity index (χ1) is 11.8. The Morgan fingerprint density at radius 1 is 1.24 bits per heavy atom. The van der Waals surface area contributed by atoms with Crippen molar-refractivity contribution in [2.75, 3.05) is 13.2 Å². The van der Waals surface area contributed by atoms with Gasteiger partial charge in [0.1, 0.15) is 17.7 Å². The average Bonchev–Trinajstić information content (AvgIpc) is 2.97. The SMILES string of the molecule is CC(C)(C)OC(=O)N1CCC[C@@]1(CCO)C(=O)OCc1ccccc1. The molecule has 1 N–H and O–H groups in total. The summed E-state index contributed by atoms with van der Waals surface area (Å²) in [6.07, 6.45) is 0.718. The number of ether oxygens (including phenoxy) is 2. The first-order valence-corrected chi connectivity index (χ1v) is 8.61. The van der Waals surface area contributed by atoms with Crippen LogP contribution in [-0.2, 0) is 20.9 Å². The van der Waals surface area contributed by atoms with Gasteiger partial charge in [-0.3, -0.25) is 4.90 Å². The fraction of sp³-hybridized carbons (Fsp3) is 0.579. The number of carbonyl (C=O) groups is 2. The molecule has 0 radical (unpaired) electrons. The second-order valence-electron chi connectivity index (χ2n) is 7.30. The number of amides is 1. The molecule has 1 fully saturated rings. The molecular formula is C19H27NO5. The van der Waals surface area contributed by atoms with E-state index in [1.165, 1.54) is 4.90 Å². The lowest BCUT2D eigenvalue weighted by Crippen LogP contribution is -2.55. The van der Waals surface area contributed by atoms with Crippen LogP contribution in [0.5, 0.6) is 0 Å². The van der Waals surface area contributed by atoms with Gasteiger partial charge in [0, 0.05) is 19.6 Å². The Morgan fingerprint density at radius 2 is 1.92 bits per heavy atom. The fourth-order valence-electron chi connectivity index (χ4n) is 3.08. The van der Waals surface area contributed by atoms with Crippen molar-refractivity contribution < 1.29 is 24.2 Å². The van der Waals surface area contributed by atoms with E-state index in [0.29, 0.717) is 19.4 Å². The standard InChI is InChI=1S/C19H27NO5/c1-18(2,3)25-17(23)20-12-7-10-19(20,11-13-21)16(22)24-14-15-8-5-4-6-9-15/h4-6,8-9,21H,7,10-14H2,1-3H3/t19-/m1/s1. The largest absolute Gasteiger partial charge is 0.459 e. The van der Waals surface area contributed by atoms with Gasteiger partial charge in [0.2, 0.25) is 0 Å². The number of rotatable bonds is 5. The van der Waals surface area contributed by atoms with Crippen molar-refractivity contribution in [3.63, 3.8) is 0 Å². The number of likely N-dealkylation sites (tertiary alicyclic amines) is 1. The maximum absolute atomic E-state index is 12.8. The topological polar surface area (TPSA) is 76.1 Å². The third kappa shape index (κ3) is 4.72. The summed E-state index contributed by atoms with van der Waals surface area (Å²) in [4.78, 5) is 26.8. The van der Waals surface area contributed by atoms with Gasteiger partial charge in [0.15, 0.2) is 0 Å². The van der Waals surface area contributed by atoms with Crippen LogP contribution < -0.4 is 0 Å². The number of hydrogen-bond donors (Lipinski definition) is 1. The summed E-state index contributed by atoms with van der Waals surface area (Å²) in [6.45, 7) is 5.68. The minimum absolute atomic E-state index is 0.134. The molecule has 1 atom stereocenters. The Labute approximate surface area is 148 Å². The van der Waals surface area contributed by atoms with Crippen LogP contribution in [0.1, 0.15) is 45.6 Å². The second-order valence-corrected chi connectivity index (χ2v) is 7.30. The zero-order chi connectivity index (χ0) is 18.5. The molecule has 1 aliphatic rings. The number of aliphatic hydroxyl groups is 1. The fourth-order valence-corrected chi connectivity index (χ4v) is 3.08. The van der Waals surface area contributed by atoms with Crippen molar-refractivity contribution in [1.82, 2.24) is 4.90 Å². The van der Waals surface area contributed by atoms with Gasteiger partial charge >= 0.3 is 12.1 Å². The lowest BCUT2D eigenvalue weighted by atomic mass is 9.92. The molecule has 0 unspecified atom stereocenters. The van der Waals surface area contributed by atoms with Crippen LogP contribution in [0.4, 0.5) is 4.79 Å². The Hall–Kier alpha value is -2.08. The van der Waals surface area contributed by atoms with Crippen LogP contribution in [0.25, 0.3) is 0 Å². The maximum atomic E-state index is 12.8. The number of hydrogen-bond acceptors (Lipinski definition) is 5. The molecule has 1 aliphatic heterocycles. The Balaban J connectivity index is 2.14. The summed E-state index contributed by atoms with van der Waals surface area (Å²) in [5.74, 6) is -0.492. The van der Waals surface area contributed by atoms with Gasteiger partial charge in [-0.2, -0.15) is 0 Å².